The van der Waals surface area contributed by atoms with Crippen LogP contribution in [0.1, 0.15) is 27.8 Å². The van der Waals surface area contributed by atoms with E-state index in [1.165, 1.54) is 49.8 Å². The number of hydrogen-bond donors (Lipinski definition) is 0. The fourth-order valence-corrected chi connectivity index (χ4v) is 10.5. The number of fused-ring (bicyclic) bond motifs is 13. The Morgan fingerprint density at radius 3 is 2.54 bits per heavy atom. The first-order valence-electron chi connectivity index (χ1n) is 16.8. The molecule has 1 unspecified atom stereocenters. The summed E-state index contributed by atoms with van der Waals surface area (Å²) in [5, 5.41) is 13.1. The molecule has 6 nitrogen and oxygen atoms in total. The van der Waals surface area contributed by atoms with Gasteiger partial charge in [-0.3, -0.25) is 0 Å². The Hall–Kier alpha value is -5.66. The van der Waals surface area contributed by atoms with Crippen LogP contribution >= 0.6 is 0 Å². The number of benzene rings is 4. The molecule has 1 atom stereocenters. The van der Waals surface area contributed by atoms with E-state index in [2.05, 4.69) is 107 Å². The van der Waals surface area contributed by atoms with E-state index in [1.807, 2.05) is 36.4 Å². The molecule has 232 valence electrons. The number of nitriles is 1. The molecule has 2 bridgehead atoms. The van der Waals surface area contributed by atoms with Crippen molar-refractivity contribution >= 4 is 76.8 Å². The van der Waals surface area contributed by atoms with E-state index in [9.17, 15) is 5.26 Å². The molecule has 50 heavy (non-hydrogen) atoms. The number of anilines is 2. The van der Waals surface area contributed by atoms with Crippen molar-refractivity contribution in [2.75, 3.05) is 4.90 Å². The van der Waals surface area contributed by atoms with Crippen LogP contribution in [0.5, 0.6) is 0 Å². The number of pyridine rings is 1. The average Bonchev–Trinajstić information content (AvgIpc) is 3.52. The second kappa shape index (κ2) is 11.5. The fraction of sp³-hybridized carbons (Fsp3) is 0.0698. The van der Waals surface area contributed by atoms with Crippen molar-refractivity contribution in [3.8, 4) is 23.3 Å². The number of hydrogen-bond acceptors (Lipinski definition) is 5. The second-order valence-electron chi connectivity index (χ2n) is 12.8. The Bertz CT molecular complexity index is 2800. The predicted molar refractivity (Wildman–Crippen MR) is 201 cm³/mol. The van der Waals surface area contributed by atoms with Crippen LogP contribution in [-0.2, 0) is 12.8 Å². The molecule has 7 heteroatoms. The fourth-order valence-electron chi connectivity index (χ4n) is 7.94. The maximum atomic E-state index is 9.53. The number of allylic oxidation sites excluding steroid dienone is 3. The van der Waals surface area contributed by atoms with Gasteiger partial charge in [-0.25, -0.2) is 0 Å². The Morgan fingerprint density at radius 2 is 1.66 bits per heavy atom. The van der Waals surface area contributed by atoms with Crippen molar-refractivity contribution in [3.63, 3.8) is 0 Å². The molecule has 5 heterocycles. The van der Waals surface area contributed by atoms with Crippen LogP contribution in [0.2, 0.25) is 0 Å². The number of rotatable bonds is 2. The molecule has 0 saturated carbocycles. The molecular formula is C43H27N6Tl. The third-order valence-corrected chi connectivity index (χ3v) is 12.6. The van der Waals surface area contributed by atoms with Gasteiger partial charge in [0, 0.05) is 0 Å². The number of para-hydroxylation sites is 2. The molecular weight excluding hydrogens is 805 g/mol. The zero-order chi connectivity index (χ0) is 33.3. The van der Waals surface area contributed by atoms with Crippen LogP contribution < -0.4 is 15.5 Å². The van der Waals surface area contributed by atoms with Crippen LogP contribution in [0, 0.1) is 11.3 Å². The minimum absolute atomic E-state index is 0.209. The van der Waals surface area contributed by atoms with E-state index in [0.717, 1.165) is 46.0 Å². The summed E-state index contributed by atoms with van der Waals surface area (Å²) < 4.78 is 2.58. The van der Waals surface area contributed by atoms with Crippen LogP contribution in [0.15, 0.2) is 121 Å². The summed E-state index contributed by atoms with van der Waals surface area (Å²) in [4.78, 5) is 18.1. The molecule has 0 N–H and O–H groups in total. The topological polar surface area (TPSA) is 70.6 Å². The summed E-state index contributed by atoms with van der Waals surface area (Å²) in [6.07, 6.45) is 14.5. The third kappa shape index (κ3) is 4.33. The SMILES string of the molecule is N#Cc1ccc(-c2nc(-n3c4/c(c5ccc6c(c53)CC=CC=C6)=C\Cc3ccccc3N3c5ccccc5/C=4[CH]3[Tl])nc3cccnc23)cc1. The quantitative estimate of drug-likeness (QED) is 0.179. The van der Waals surface area contributed by atoms with Crippen LogP contribution in [-0.4, -0.2) is 48.9 Å². The van der Waals surface area contributed by atoms with E-state index in [1.54, 1.807) is 6.20 Å². The Morgan fingerprint density at radius 1 is 0.820 bits per heavy atom. The standard InChI is InChI=1S/C43H27N6.Tl/c44-25-27-16-18-30(19-17-27)39-40-36(13-8-24-45-40)46-43(47-39)49-41-31-11-3-1-2-9-28(31)20-22-33(41)34-23-21-29-10-4-6-14-37(29)48-26-35(42(34)49)32-12-5-7-15-38(32)48;/h1-10,12-20,22-24,26H,11,21H2;/b34-23-,42-35-;. The van der Waals surface area contributed by atoms with Crippen LogP contribution in [0.25, 0.3) is 56.9 Å². The Kier molecular flexibility index (Phi) is 6.71. The maximum absolute atomic E-state index is 9.53. The van der Waals surface area contributed by atoms with Gasteiger partial charge >= 0.3 is 301 Å². The van der Waals surface area contributed by atoms with E-state index >= 15 is 0 Å². The normalized spacial score (nSPS) is 17.4. The summed E-state index contributed by atoms with van der Waals surface area (Å²) in [5.41, 5.74) is 13.8. The first-order chi connectivity index (χ1) is 24.7. The van der Waals surface area contributed by atoms with Crippen LogP contribution in [0.3, 0.4) is 0 Å². The molecule has 4 aromatic carbocycles. The molecule has 2 aliphatic heterocycles. The molecule has 1 aliphatic carbocycles. The molecule has 0 fully saturated rings. The Labute approximate surface area is 304 Å². The third-order valence-electron chi connectivity index (χ3n) is 10.1. The summed E-state index contributed by atoms with van der Waals surface area (Å²) in [7, 11) is 0. The summed E-state index contributed by atoms with van der Waals surface area (Å²) in [6.45, 7) is 0. The van der Waals surface area contributed by atoms with E-state index in [4.69, 9.17) is 15.0 Å². The van der Waals surface area contributed by atoms with Gasteiger partial charge in [0.2, 0.25) is 0 Å². The van der Waals surface area contributed by atoms with E-state index in [0.29, 0.717) is 37.3 Å². The molecule has 0 saturated heterocycles. The number of aromatic nitrogens is 4. The molecule has 3 aromatic heterocycles. The zero-order valence-electron chi connectivity index (χ0n) is 27.0. The summed E-state index contributed by atoms with van der Waals surface area (Å²) >= 11 is 0.617. The van der Waals surface area contributed by atoms with Crippen molar-refractivity contribution in [3.05, 3.63) is 160 Å². The van der Waals surface area contributed by atoms with Gasteiger partial charge in [-0.2, -0.15) is 5.26 Å². The van der Waals surface area contributed by atoms with Crippen molar-refractivity contribution < 1.29 is 0 Å². The summed E-state index contributed by atoms with van der Waals surface area (Å²) in [6, 6.07) is 36.1. The molecule has 3 aliphatic rings. The van der Waals surface area contributed by atoms with Gasteiger partial charge in [-0.05, 0) is 0 Å². The Balaban J connectivity index is 1.42. The molecule has 0 amide bonds. The molecule has 0 radical (unpaired) electrons. The predicted octanol–water partition coefficient (Wildman–Crippen LogP) is 6.81. The molecule has 7 aromatic rings. The van der Waals surface area contributed by atoms with Gasteiger partial charge < -0.3 is 0 Å². The molecule has 0 spiro atoms. The van der Waals surface area contributed by atoms with Crippen LogP contribution in [0.4, 0.5) is 11.4 Å². The zero-order valence-corrected chi connectivity index (χ0v) is 31.4. The van der Waals surface area contributed by atoms with Crippen molar-refractivity contribution in [2.24, 2.45) is 0 Å². The first kappa shape index (κ1) is 29.3. The van der Waals surface area contributed by atoms with Gasteiger partial charge in [0.15, 0.2) is 0 Å². The van der Waals surface area contributed by atoms with Gasteiger partial charge in [0.1, 0.15) is 0 Å². The average molecular weight is 832 g/mol. The van der Waals surface area contributed by atoms with Crippen molar-refractivity contribution in [1.82, 2.24) is 19.5 Å². The second-order valence-corrected chi connectivity index (χ2v) is 15.3. The van der Waals surface area contributed by atoms with Gasteiger partial charge in [-0.1, -0.05) is 0 Å². The number of nitrogens with zero attached hydrogens (tertiary/aromatic N) is 6. The van der Waals surface area contributed by atoms with Crippen molar-refractivity contribution in [1.29, 1.82) is 5.26 Å². The van der Waals surface area contributed by atoms with Gasteiger partial charge in [0.25, 0.3) is 0 Å². The van der Waals surface area contributed by atoms with Gasteiger partial charge in [-0.15, -0.1) is 0 Å². The minimum atomic E-state index is 0.209. The summed E-state index contributed by atoms with van der Waals surface area (Å²) in [5.74, 6) is 0.618. The monoisotopic (exact) mass is 832 g/mol. The van der Waals surface area contributed by atoms with E-state index in [-0.39, 0.29) is 3.60 Å². The first-order valence-corrected chi connectivity index (χ1v) is 19.4. The van der Waals surface area contributed by atoms with E-state index < -0.39 is 0 Å². The molecule has 10 rings (SSSR count). The van der Waals surface area contributed by atoms with Crippen molar-refractivity contribution in [2.45, 2.75) is 16.4 Å². The van der Waals surface area contributed by atoms with Gasteiger partial charge in [0.05, 0.1) is 0 Å².